The average Bonchev–Trinajstić information content (AvgIpc) is 2.65. The molecule has 128 valence electrons. The average molecular weight is 339 g/mol. The van der Waals surface area contributed by atoms with E-state index in [1.165, 1.54) is 6.07 Å². The summed E-state index contributed by atoms with van der Waals surface area (Å²) in [7, 11) is 1.59. The summed E-state index contributed by atoms with van der Waals surface area (Å²) in [5.41, 5.74) is 1.33. The Kier molecular flexibility index (Phi) is 4.94. The first kappa shape index (κ1) is 16.5. The number of non-ortho nitro benzene ring substituents is 1. The maximum Gasteiger partial charge on any atom is 0.278 e. The van der Waals surface area contributed by atoms with Crippen LogP contribution in [0.15, 0.2) is 54.7 Å². The Hall–Kier alpha value is -3.35. The Morgan fingerprint density at radius 3 is 2.68 bits per heavy atom. The van der Waals surface area contributed by atoms with Gasteiger partial charge in [0.2, 0.25) is 0 Å². The summed E-state index contributed by atoms with van der Waals surface area (Å²) in [6.07, 6.45) is 1.61. The first-order chi connectivity index (χ1) is 12.2. The van der Waals surface area contributed by atoms with Crippen LogP contribution in [0.25, 0.3) is 10.9 Å². The van der Waals surface area contributed by atoms with E-state index in [9.17, 15) is 10.1 Å². The first-order valence-electron chi connectivity index (χ1n) is 7.72. The second-order valence-corrected chi connectivity index (χ2v) is 5.22. The minimum Gasteiger partial charge on any atom is -0.493 e. The van der Waals surface area contributed by atoms with Gasteiger partial charge in [0.05, 0.1) is 23.1 Å². The molecule has 3 aromatic rings. The van der Waals surface area contributed by atoms with Gasteiger partial charge in [-0.05, 0) is 30.3 Å². The summed E-state index contributed by atoms with van der Waals surface area (Å²) in [6, 6.07) is 13.9. The van der Waals surface area contributed by atoms with Gasteiger partial charge in [-0.15, -0.1) is 0 Å². The zero-order valence-corrected chi connectivity index (χ0v) is 13.6. The van der Waals surface area contributed by atoms with Crippen molar-refractivity contribution in [2.45, 2.75) is 0 Å². The van der Waals surface area contributed by atoms with Crippen molar-refractivity contribution in [3.8, 4) is 11.5 Å². The third-order valence-corrected chi connectivity index (χ3v) is 3.69. The quantitative estimate of drug-likeness (QED) is 0.402. The fraction of sp³-hybridized carbons (Fsp3) is 0.167. The molecule has 7 heteroatoms. The molecule has 0 aliphatic rings. The van der Waals surface area contributed by atoms with Crippen molar-refractivity contribution >= 4 is 22.3 Å². The van der Waals surface area contributed by atoms with E-state index < -0.39 is 4.92 Å². The van der Waals surface area contributed by atoms with Crippen molar-refractivity contribution in [1.82, 2.24) is 4.98 Å². The van der Waals surface area contributed by atoms with Gasteiger partial charge >= 0.3 is 0 Å². The Morgan fingerprint density at radius 2 is 1.92 bits per heavy atom. The van der Waals surface area contributed by atoms with Gasteiger partial charge in [-0.1, -0.05) is 12.1 Å². The molecule has 0 unspecified atom stereocenters. The number of nitrogens with one attached hydrogen (secondary N) is 1. The number of aromatic nitrogens is 1. The van der Waals surface area contributed by atoms with Crippen LogP contribution in [0.4, 0.5) is 11.4 Å². The molecule has 1 aromatic heterocycles. The number of methoxy groups -OCH3 is 1. The molecular formula is C18H17N3O4. The molecule has 0 aliphatic carbocycles. The van der Waals surface area contributed by atoms with Crippen LogP contribution in [0, 0.1) is 10.1 Å². The number of nitro benzene ring substituents is 1. The highest BCUT2D eigenvalue weighted by molar-refractivity contribution is 5.96. The summed E-state index contributed by atoms with van der Waals surface area (Å²) < 4.78 is 10.9. The van der Waals surface area contributed by atoms with E-state index in [2.05, 4.69) is 10.3 Å². The second kappa shape index (κ2) is 7.48. The molecule has 7 nitrogen and oxygen atoms in total. The van der Waals surface area contributed by atoms with E-state index in [0.29, 0.717) is 35.6 Å². The number of para-hydroxylation sites is 2. The molecule has 0 saturated heterocycles. The number of ether oxygens (including phenoxy) is 2. The maximum atomic E-state index is 11.1. The van der Waals surface area contributed by atoms with Crippen LogP contribution in [0.3, 0.4) is 0 Å². The van der Waals surface area contributed by atoms with E-state index in [1.54, 1.807) is 31.5 Å². The lowest BCUT2D eigenvalue weighted by Gasteiger charge is -2.12. The summed E-state index contributed by atoms with van der Waals surface area (Å²) in [5, 5.41) is 14.8. The van der Waals surface area contributed by atoms with Gasteiger partial charge in [-0.25, -0.2) is 0 Å². The monoisotopic (exact) mass is 339 g/mol. The molecule has 0 atom stereocenters. The molecule has 3 rings (SSSR count). The number of rotatable bonds is 7. The standard InChI is InChI=1S/C18H17N3O4/c1-24-16-6-2-3-7-17(16)25-12-11-19-14-8-9-15(21(22)23)13-5-4-10-20-18(13)14/h2-10,19H,11-12H2,1H3. The molecule has 1 N–H and O–H groups in total. The highest BCUT2D eigenvalue weighted by Crippen LogP contribution is 2.30. The van der Waals surface area contributed by atoms with Crippen molar-refractivity contribution in [2.75, 3.05) is 25.6 Å². The van der Waals surface area contributed by atoms with Crippen LogP contribution in [0.5, 0.6) is 11.5 Å². The predicted octanol–water partition coefficient (Wildman–Crippen LogP) is 3.64. The van der Waals surface area contributed by atoms with Gasteiger partial charge in [0, 0.05) is 18.8 Å². The fourth-order valence-electron chi connectivity index (χ4n) is 2.54. The number of benzene rings is 2. The number of nitro groups is 1. The molecule has 0 fully saturated rings. The predicted molar refractivity (Wildman–Crippen MR) is 95.4 cm³/mol. The number of fused-ring (bicyclic) bond motifs is 1. The van der Waals surface area contributed by atoms with Crippen LogP contribution in [0.1, 0.15) is 0 Å². The number of pyridine rings is 1. The molecule has 1 heterocycles. The largest absolute Gasteiger partial charge is 0.493 e. The summed E-state index contributed by atoms with van der Waals surface area (Å²) in [5.74, 6) is 1.34. The molecule has 0 saturated carbocycles. The van der Waals surface area contributed by atoms with Crippen LogP contribution < -0.4 is 14.8 Å². The summed E-state index contributed by atoms with van der Waals surface area (Å²) in [6.45, 7) is 0.924. The molecular weight excluding hydrogens is 322 g/mol. The number of hydrogen-bond donors (Lipinski definition) is 1. The molecule has 0 bridgehead atoms. The zero-order valence-electron chi connectivity index (χ0n) is 13.6. The van der Waals surface area contributed by atoms with Crippen molar-refractivity contribution in [2.24, 2.45) is 0 Å². The Morgan fingerprint density at radius 1 is 1.12 bits per heavy atom. The van der Waals surface area contributed by atoms with Crippen molar-refractivity contribution in [3.63, 3.8) is 0 Å². The van der Waals surface area contributed by atoms with Gasteiger partial charge in [0.25, 0.3) is 5.69 Å². The SMILES string of the molecule is COc1ccccc1OCCNc1ccc([N+](=O)[O-])c2cccnc12. The van der Waals surface area contributed by atoms with E-state index in [-0.39, 0.29) is 5.69 Å². The lowest BCUT2D eigenvalue weighted by molar-refractivity contribution is -0.383. The normalized spacial score (nSPS) is 10.4. The molecule has 0 amide bonds. The highest BCUT2D eigenvalue weighted by Gasteiger charge is 2.14. The fourth-order valence-corrected chi connectivity index (χ4v) is 2.54. The lowest BCUT2D eigenvalue weighted by Crippen LogP contribution is -2.12. The van der Waals surface area contributed by atoms with Crippen LogP contribution >= 0.6 is 0 Å². The van der Waals surface area contributed by atoms with Gasteiger partial charge in [0.1, 0.15) is 12.1 Å². The molecule has 0 aliphatic heterocycles. The van der Waals surface area contributed by atoms with E-state index in [1.807, 2.05) is 24.3 Å². The number of hydrogen-bond acceptors (Lipinski definition) is 6. The summed E-state index contributed by atoms with van der Waals surface area (Å²) >= 11 is 0. The van der Waals surface area contributed by atoms with Crippen LogP contribution in [-0.4, -0.2) is 30.2 Å². The Labute approximate surface area is 144 Å². The topological polar surface area (TPSA) is 86.5 Å². The molecule has 25 heavy (non-hydrogen) atoms. The van der Waals surface area contributed by atoms with Gasteiger partial charge in [-0.3, -0.25) is 15.1 Å². The van der Waals surface area contributed by atoms with E-state index in [4.69, 9.17) is 9.47 Å². The van der Waals surface area contributed by atoms with E-state index >= 15 is 0 Å². The van der Waals surface area contributed by atoms with E-state index in [0.717, 1.165) is 5.69 Å². The third-order valence-electron chi connectivity index (χ3n) is 3.69. The minimum absolute atomic E-state index is 0.0407. The van der Waals surface area contributed by atoms with Gasteiger partial charge in [0.15, 0.2) is 11.5 Å². The smallest absolute Gasteiger partial charge is 0.278 e. The molecule has 0 spiro atoms. The Bertz CT molecular complexity index is 898. The van der Waals surface area contributed by atoms with Crippen molar-refractivity contribution < 1.29 is 14.4 Å². The highest BCUT2D eigenvalue weighted by atomic mass is 16.6. The van der Waals surface area contributed by atoms with Crippen LogP contribution in [0.2, 0.25) is 0 Å². The maximum absolute atomic E-state index is 11.1. The second-order valence-electron chi connectivity index (χ2n) is 5.22. The van der Waals surface area contributed by atoms with Crippen molar-refractivity contribution in [1.29, 1.82) is 0 Å². The van der Waals surface area contributed by atoms with Gasteiger partial charge in [-0.2, -0.15) is 0 Å². The minimum atomic E-state index is -0.404. The zero-order chi connectivity index (χ0) is 17.6. The number of nitrogens with zero attached hydrogens (tertiary/aromatic N) is 2. The molecule has 2 aromatic carbocycles. The molecule has 0 radical (unpaired) electrons. The lowest BCUT2D eigenvalue weighted by atomic mass is 10.1. The van der Waals surface area contributed by atoms with Gasteiger partial charge < -0.3 is 14.8 Å². The first-order valence-corrected chi connectivity index (χ1v) is 7.72. The number of anilines is 1. The van der Waals surface area contributed by atoms with Crippen LogP contribution in [-0.2, 0) is 0 Å². The van der Waals surface area contributed by atoms with Crippen molar-refractivity contribution in [3.05, 3.63) is 64.8 Å². The summed E-state index contributed by atoms with van der Waals surface area (Å²) in [4.78, 5) is 15.0. The Balaban J connectivity index is 1.70. The third kappa shape index (κ3) is 3.60.